The molecule has 4 nitrogen and oxygen atoms in total. The van der Waals surface area contributed by atoms with Crippen molar-refractivity contribution in [2.24, 2.45) is 0 Å². The first-order valence-electron chi connectivity index (χ1n) is 7.03. The molecule has 0 unspecified atom stereocenters. The van der Waals surface area contributed by atoms with Crippen LogP contribution in [0.1, 0.15) is 16.3 Å². The summed E-state index contributed by atoms with van der Waals surface area (Å²) in [5.41, 5.74) is 3.24. The molecule has 3 aromatic rings. The number of carbonyl (C=O) groups excluding carboxylic acids is 1. The summed E-state index contributed by atoms with van der Waals surface area (Å²) in [5.74, 6) is 2.13. The van der Waals surface area contributed by atoms with Crippen LogP contribution in [0.3, 0.4) is 0 Å². The van der Waals surface area contributed by atoms with Crippen molar-refractivity contribution in [3.05, 3.63) is 52.0 Å². The van der Waals surface area contributed by atoms with E-state index in [9.17, 15) is 4.79 Å². The smallest absolute Gasteiger partial charge is 0.230 e. The van der Waals surface area contributed by atoms with Gasteiger partial charge in [0, 0.05) is 4.88 Å². The highest BCUT2D eigenvalue weighted by molar-refractivity contribution is 7.99. The van der Waals surface area contributed by atoms with Gasteiger partial charge in [-0.25, -0.2) is 4.98 Å². The van der Waals surface area contributed by atoms with Crippen LogP contribution >= 0.6 is 23.1 Å². The summed E-state index contributed by atoms with van der Waals surface area (Å²) in [6, 6.07) is 10.0. The average molecular weight is 331 g/mol. The van der Waals surface area contributed by atoms with E-state index in [1.165, 1.54) is 10.4 Å². The second-order valence-corrected chi connectivity index (χ2v) is 6.98. The molecular weight excluding hydrogens is 314 g/mol. The number of hydrogen-bond acceptors (Lipinski definition) is 4. The number of fused-ring (bicyclic) bond motifs is 1. The van der Waals surface area contributed by atoms with Gasteiger partial charge in [-0.1, -0.05) is 12.1 Å². The number of aryl methyl sites for hydroxylation is 1. The number of carbonyl (C=O) groups is 1. The molecule has 2 heterocycles. The lowest BCUT2D eigenvalue weighted by atomic mass is 10.3. The predicted octanol–water partition coefficient (Wildman–Crippen LogP) is 3.48. The number of rotatable bonds is 6. The van der Waals surface area contributed by atoms with E-state index in [-0.39, 0.29) is 5.91 Å². The Morgan fingerprint density at radius 2 is 2.23 bits per heavy atom. The zero-order chi connectivity index (χ0) is 15.4. The highest BCUT2D eigenvalue weighted by Crippen LogP contribution is 2.16. The van der Waals surface area contributed by atoms with E-state index in [2.05, 4.69) is 28.3 Å². The number of para-hydroxylation sites is 2. The summed E-state index contributed by atoms with van der Waals surface area (Å²) in [7, 11) is 0. The number of amides is 1. The van der Waals surface area contributed by atoms with Crippen molar-refractivity contribution < 1.29 is 4.79 Å². The number of imidazole rings is 1. The molecule has 22 heavy (non-hydrogen) atoms. The molecular formula is C16H17N3OS2. The minimum Gasteiger partial charge on any atom is -0.350 e. The Morgan fingerprint density at radius 3 is 3.00 bits per heavy atom. The highest BCUT2D eigenvalue weighted by Gasteiger charge is 2.06. The third kappa shape index (κ3) is 3.69. The molecule has 0 aliphatic heterocycles. The maximum atomic E-state index is 11.9. The van der Waals surface area contributed by atoms with Gasteiger partial charge >= 0.3 is 0 Å². The molecule has 0 radical (unpaired) electrons. The minimum absolute atomic E-state index is 0.0638. The number of thiophene rings is 1. The number of thioether (sulfide) groups is 1. The number of aromatic nitrogens is 2. The van der Waals surface area contributed by atoms with Crippen LogP contribution in [0.5, 0.6) is 0 Å². The van der Waals surface area contributed by atoms with Crippen LogP contribution in [0.25, 0.3) is 11.0 Å². The van der Waals surface area contributed by atoms with Crippen molar-refractivity contribution in [2.75, 3.05) is 5.75 Å². The van der Waals surface area contributed by atoms with Crippen LogP contribution < -0.4 is 5.32 Å². The molecule has 114 valence electrons. The first-order valence-corrected chi connectivity index (χ1v) is 9.07. The van der Waals surface area contributed by atoms with E-state index in [0.29, 0.717) is 18.1 Å². The number of hydrogen-bond donors (Lipinski definition) is 2. The van der Waals surface area contributed by atoms with Crippen LogP contribution in [0.15, 0.2) is 35.7 Å². The second-order valence-electron chi connectivity index (χ2n) is 5.00. The largest absolute Gasteiger partial charge is 0.350 e. The summed E-state index contributed by atoms with van der Waals surface area (Å²) < 4.78 is 0. The minimum atomic E-state index is 0.0638. The van der Waals surface area contributed by atoms with E-state index in [0.717, 1.165) is 16.9 Å². The zero-order valence-corrected chi connectivity index (χ0v) is 13.9. The standard InChI is InChI=1S/C16H17N3OS2/c1-11-6-7-22-14(11)8-17-16(20)10-21-9-15-18-12-4-2-3-5-13(12)19-15/h2-7H,8-10H2,1H3,(H,17,20)(H,18,19). The predicted molar refractivity (Wildman–Crippen MR) is 93.2 cm³/mol. The van der Waals surface area contributed by atoms with Crippen molar-refractivity contribution in [3.8, 4) is 0 Å². The Hall–Kier alpha value is -1.79. The van der Waals surface area contributed by atoms with Gasteiger partial charge in [-0.15, -0.1) is 23.1 Å². The van der Waals surface area contributed by atoms with Gasteiger partial charge < -0.3 is 10.3 Å². The Bertz CT molecular complexity index is 745. The molecule has 0 bridgehead atoms. The third-order valence-electron chi connectivity index (χ3n) is 3.32. The molecule has 0 aliphatic rings. The Labute approximate surface area is 137 Å². The SMILES string of the molecule is Cc1ccsc1CNC(=O)CSCc1nc2ccccc2[nH]1. The lowest BCUT2D eigenvalue weighted by Crippen LogP contribution is -2.24. The molecule has 1 aromatic carbocycles. The average Bonchev–Trinajstić information content (AvgIpc) is 3.10. The Morgan fingerprint density at radius 1 is 1.36 bits per heavy atom. The monoisotopic (exact) mass is 331 g/mol. The molecule has 1 amide bonds. The quantitative estimate of drug-likeness (QED) is 0.727. The fraction of sp³-hybridized carbons (Fsp3) is 0.250. The van der Waals surface area contributed by atoms with Crippen molar-refractivity contribution >= 4 is 40.0 Å². The van der Waals surface area contributed by atoms with Gasteiger partial charge in [0.25, 0.3) is 0 Å². The topological polar surface area (TPSA) is 57.8 Å². The molecule has 0 fully saturated rings. The summed E-state index contributed by atoms with van der Waals surface area (Å²) >= 11 is 3.25. The number of H-pyrrole nitrogens is 1. The lowest BCUT2D eigenvalue weighted by molar-refractivity contribution is -0.118. The molecule has 3 rings (SSSR count). The molecule has 0 saturated heterocycles. The van der Waals surface area contributed by atoms with Crippen LogP contribution in [-0.2, 0) is 17.1 Å². The van der Waals surface area contributed by atoms with Crippen molar-refractivity contribution in [1.82, 2.24) is 15.3 Å². The van der Waals surface area contributed by atoms with E-state index in [1.807, 2.05) is 29.6 Å². The molecule has 0 spiro atoms. The highest BCUT2D eigenvalue weighted by atomic mass is 32.2. The van der Waals surface area contributed by atoms with Gasteiger partial charge in [-0.3, -0.25) is 4.79 Å². The van der Waals surface area contributed by atoms with Crippen LogP contribution in [0.4, 0.5) is 0 Å². The maximum Gasteiger partial charge on any atom is 0.230 e. The zero-order valence-electron chi connectivity index (χ0n) is 12.3. The molecule has 2 aromatic heterocycles. The number of nitrogens with zero attached hydrogens (tertiary/aromatic N) is 1. The van der Waals surface area contributed by atoms with Crippen LogP contribution in [0.2, 0.25) is 0 Å². The van der Waals surface area contributed by atoms with Crippen molar-refractivity contribution in [1.29, 1.82) is 0 Å². The van der Waals surface area contributed by atoms with Gasteiger partial charge in [-0.2, -0.15) is 0 Å². The van der Waals surface area contributed by atoms with Crippen LogP contribution in [0, 0.1) is 6.92 Å². The summed E-state index contributed by atoms with van der Waals surface area (Å²) in [4.78, 5) is 20.8. The fourth-order valence-corrected chi connectivity index (χ4v) is 3.69. The number of aromatic amines is 1. The fourth-order valence-electron chi connectivity index (χ4n) is 2.13. The Kier molecular flexibility index (Phi) is 4.80. The molecule has 0 atom stereocenters. The summed E-state index contributed by atoms with van der Waals surface area (Å²) in [6.07, 6.45) is 0. The van der Waals surface area contributed by atoms with Gasteiger partial charge in [0.05, 0.1) is 29.1 Å². The molecule has 2 N–H and O–H groups in total. The first kappa shape index (κ1) is 15.1. The van der Waals surface area contributed by atoms with Gasteiger partial charge in [0.1, 0.15) is 5.82 Å². The van der Waals surface area contributed by atoms with Crippen molar-refractivity contribution in [2.45, 2.75) is 19.2 Å². The number of benzene rings is 1. The molecule has 6 heteroatoms. The van der Waals surface area contributed by atoms with Crippen molar-refractivity contribution in [3.63, 3.8) is 0 Å². The summed E-state index contributed by atoms with van der Waals surface area (Å²) in [5, 5.41) is 5.01. The number of nitrogens with one attached hydrogen (secondary N) is 2. The second kappa shape index (κ2) is 6.98. The van der Waals surface area contributed by atoms with E-state index in [1.54, 1.807) is 23.1 Å². The van der Waals surface area contributed by atoms with Gasteiger partial charge in [0.15, 0.2) is 0 Å². The Balaban J connectivity index is 1.44. The van der Waals surface area contributed by atoms with Gasteiger partial charge in [-0.05, 0) is 36.1 Å². The van der Waals surface area contributed by atoms with E-state index in [4.69, 9.17) is 0 Å². The summed E-state index contributed by atoms with van der Waals surface area (Å²) in [6.45, 7) is 2.68. The van der Waals surface area contributed by atoms with Crippen LogP contribution in [-0.4, -0.2) is 21.6 Å². The maximum absolute atomic E-state index is 11.9. The van der Waals surface area contributed by atoms with E-state index >= 15 is 0 Å². The van der Waals surface area contributed by atoms with E-state index < -0.39 is 0 Å². The lowest BCUT2D eigenvalue weighted by Gasteiger charge is -2.04. The van der Waals surface area contributed by atoms with Gasteiger partial charge in [0.2, 0.25) is 5.91 Å². The normalized spacial score (nSPS) is 11.0. The third-order valence-corrected chi connectivity index (χ3v) is 5.29. The first-order chi connectivity index (χ1) is 10.7. The molecule has 0 saturated carbocycles. The molecule has 0 aliphatic carbocycles.